The second-order valence-corrected chi connectivity index (χ2v) is 3.46. The third-order valence-electron chi connectivity index (χ3n) is 2.44. The van der Waals surface area contributed by atoms with Crippen LogP contribution in [0.3, 0.4) is 0 Å². The van der Waals surface area contributed by atoms with E-state index in [1.165, 1.54) is 11.1 Å². The van der Waals surface area contributed by atoms with Crippen LogP contribution in [0.5, 0.6) is 11.5 Å². The Bertz CT molecular complexity index is 334. The number of hydrogen-bond donors (Lipinski definition) is 1. The van der Waals surface area contributed by atoms with Crippen LogP contribution in [0.2, 0.25) is 0 Å². The lowest BCUT2D eigenvalue weighted by Gasteiger charge is -2.06. The van der Waals surface area contributed by atoms with Crippen LogP contribution in [-0.4, -0.2) is 18.5 Å². The molecule has 0 amide bonds. The molecule has 0 atom stereocenters. The number of hydrogen-bond acceptors (Lipinski definition) is 3. The lowest BCUT2D eigenvalue weighted by Crippen LogP contribution is -1.93. The third-order valence-corrected chi connectivity index (χ3v) is 2.44. The fourth-order valence-electron chi connectivity index (χ4n) is 1.62. The summed E-state index contributed by atoms with van der Waals surface area (Å²) >= 11 is 0. The first-order valence-corrected chi connectivity index (χ1v) is 4.81. The summed E-state index contributed by atoms with van der Waals surface area (Å²) in [6, 6.07) is 4.00. The second kappa shape index (κ2) is 3.88. The molecule has 1 heterocycles. The molecule has 1 aliphatic heterocycles. The molecule has 0 radical (unpaired) electrons. The van der Waals surface area contributed by atoms with Crippen molar-refractivity contribution in [2.75, 3.05) is 13.4 Å². The Balaban J connectivity index is 2.23. The fourth-order valence-corrected chi connectivity index (χ4v) is 1.62. The normalized spacial score (nSPS) is 13.3. The number of aryl methyl sites for hydroxylation is 2. The quantitative estimate of drug-likeness (QED) is 0.795. The van der Waals surface area contributed by atoms with Crippen LogP contribution in [0.15, 0.2) is 12.1 Å². The van der Waals surface area contributed by atoms with Gasteiger partial charge in [-0.05, 0) is 43.0 Å². The predicted molar refractivity (Wildman–Crippen MR) is 52.7 cm³/mol. The van der Waals surface area contributed by atoms with Crippen molar-refractivity contribution in [3.63, 3.8) is 0 Å². The zero-order chi connectivity index (χ0) is 9.97. The highest BCUT2D eigenvalue weighted by Gasteiger charge is 2.14. The Hall–Kier alpha value is -1.22. The fraction of sp³-hybridized carbons (Fsp3) is 0.455. The second-order valence-electron chi connectivity index (χ2n) is 3.46. The number of fused-ring (bicyclic) bond motifs is 1. The van der Waals surface area contributed by atoms with E-state index in [4.69, 9.17) is 14.6 Å². The smallest absolute Gasteiger partial charge is 0.231 e. The molecule has 0 aliphatic carbocycles. The van der Waals surface area contributed by atoms with Crippen LogP contribution in [0, 0.1) is 6.92 Å². The van der Waals surface area contributed by atoms with Gasteiger partial charge in [-0.15, -0.1) is 0 Å². The maximum absolute atomic E-state index is 8.76. The van der Waals surface area contributed by atoms with E-state index in [1.807, 2.05) is 12.1 Å². The van der Waals surface area contributed by atoms with Gasteiger partial charge in [0, 0.05) is 6.61 Å². The molecule has 0 aromatic heterocycles. The van der Waals surface area contributed by atoms with Gasteiger partial charge in [0.05, 0.1) is 0 Å². The van der Waals surface area contributed by atoms with Crippen LogP contribution in [0.1, 0.15) is 17.5 Å². The number of benzene rings is 1. The molecular formula is C11H14O3. The standard InChI is InChI=1S/C11H14O3/c1-8-5-10-11(14-7-13-10)6-9(8)3-2-4-12/h5-6,12H,2-4,7H2,1H3. The molecule has 0 saturated heterocycles. The molecule has 0 unspecified atom stereocenters. The first-order chi connectivity index (χ1) is 6.81. The topological polar surface area (TPSA) is 38.7 Å². The molecular weight excluding hydrogens is 180 g/mol. The number of rotatable bonds is 3. The monoisotopic (exact) mass is 194 g/mol. The van der Waals surface area contributed by atoms with Crippen molar-refractivity contribution < 1.29 is 14.6 Å². The van der Waals surface area contributed by atoms with E-state index in [1.54, 1.807) is 0 Å². The predicted octanol–water partition coefficient (Wildman–Crippen LogP) is 1.65. The van der Waals surface area contributed by atoms with Gasteiger partial charge in [0.25, 0.3) is 0 Å². The van der Waals surface area contributed by atoms with E-state index in [0.717, 1.165) is 24.3 Å². The molecule has 1 aromatic rings. The summed E-state index contributed by atoms with van der Waals surface area (Å²) in [5.74, 6) is 1.65. The lowest BCUT2D eigenvalue weighted by molar-refractivity contribution is 0.174. The number of ether oxygens (including phenoxy) is 2. The minimum Gasteiger partial charge on any atom is -0.454 e. The van der Waals surface area contributed by atoms with Gasteiger partial charge in [0.15, 0.2) is 11.5 Å². The van der Waals surface area contributed by atoms with E-state index in [-0.39, 0.29) is 6.61 Å². The zero-order valence-corrected chi connectivity index (χ0v) is 8.25. The van der Waals surface area contributed by atoms with E-state index in [2.05, 4.69) is 6.92 Å². The highest BCUT2D eigenvalue weighted by atomic mass is 16.7. The van der Waals surface area contributed by atoms with Gasteiger partial charge in [0.2, 0.25) is 6.79 Å². The van der Waals surface area contributed by atoms with Crippen LogP contribution in [0.25, 0.3) is 0 Å². The molecule has 1 aromatic carbocycles. The highest BCUT2D eigenvalue weighted by molar-refractivity contribution is 5.48. The molecule has 76 valence electrons. The summed E-state index contributed by atoms with van der Waals surface area (Å²) in [6.07, 6.45) is 1.68. The third kappa shape index (κ3) is 1.68. The number of aliphatic hydroxyl groups is 1. The Morgan fingerprint density at radius 3 is 2.71 bits per heavy atom. The van der Waals surface area contributed by atoms with Gasteiger partial charge < -0.3 is 14.6 Å². The molecule has 1 aliphatic rings. The summed E-state index contributed by atoms with van der Waals surface area (Å²) in [5, 5.41) is 8.76. The largest absolute Gasteiger partial charge is 0.454 e. The number of aliphatic hydroxyl groups excluding tert-OH is 1. The molecule has 3 heteroatoms. The van der Waals surface area contributed by atoms with Crippen LogP contribution >= 0.6 is 0 Å². The molecule has 2 rings (SSSR count). The van der Waals surface area contributed by atoms with Gasteiger partial charge in [-0.25, -0.2) is 0 Å². The molecule has 1 N–H and O–H groups in total. The molecule has 0 fully saturated rings. The van der Waals surface area contributed by atoms with Crippen molar-refractivity contribution in [3.8, 4) is 11.5 Å². The van der Waals surface area contributed by atoms with Crippen molar-refractivity contribution in [1.82, 2.24) is 0 Å². The Labute approximate surface area is 83.3 Å². The summed E-state index contributed by atoms with van der Waals surface area (Å²) in [4.78, 5) is 0. The zero-order valence-electron chi connectivity index (χ0n) is 8.25. The minimum atomic E-state index is 0.230. The maximum Gasteiger partial charge on any atom is 0.231 e. The SMILES string of the molecule is Cc1cc2c(cc1CCCO)OCO2. The van der Waals surface area contributed by atoms with Crippen molar-refractivity contribution in [3.05, 3.63) is 23.3 Å². The lowest BCUT2D eigenvalue weighted by atomic mass is 10.0. The van der Waals surface area contributed by atoms with Crippen molar-refractivity contribution in [2.24, 2.45) is 0 Å². The van der Waals surface area contributed by atoms with Crippen molar-refractivity contribution in [1.29, 1.82) is 0 Å². The molecule has 3 nitrogen and oxygen atoms in total. The van der Waals surface area contributed by atoms with Crippen molar-refractivity contribution in [2.45, 2.75) is 19.8 Å². The van der Waals surface area contributed by atoms with Gasteiger partial charge in [-0.2, -0.15) is 0 Å². The summed E-state index contributed by atoms with van der Waals surface area (Å²) in [5.41, 5.74) is 2.42. The van der Waals surface area contributed by atoms with E-state index >= 15 is 0 Å². The average Bonchev–Trinajstić information content (AvgIpc) is 2.61. The van der Waals surface area contributed by atoms with Crippen LogP contribution in [0.4, 0.5) is 0 Å². The first-order valence-electron chi connectivity index (χ1n) is 4.81. The summed E-state index contributed by atoms with van der Waals surface area (Å²) in [6.45, 7) is 2.60. The Kier molecular flexibility index (Phi) is 2.59. The van der Waals surface area contributed by atoms with Gasteiger partial charge in [-0.3, -0.25) is 0 Å². The highest BCUT2D eigenvalue weighted by Crippen LogP contribution is 2.34. The van der Waals surface area contributed by atoms with Gasteiger partial charge >= 0.3 is 0 Å². The van der Waals surface area contributed by atoms with E-state index in [0.29, 0.717) is 6.79 Å². The van der Waals surface area contributed by atoms with Crippen LogP contribution in [-0.2, 0) is 6.42 Å². The molecule has 0 spiro atoms. The average molecular weight is 194 g/mol. The van der Waals surface area contributed by atoms with Gasteiger partial charge in [0.1, 0.15) is 0 Å². The van der Waals surface area contributed by atoms with Crippen molar-refractivity contribution >= 4 is 0 Å². The Morgan fingerprint density at radius 2 is 2.00 bits per heavy atom. The minimum absolute atomic E-state index is 0.230. The molecule has 0 bridgehead atoms. The summed E-state index contributed by atoms with van der Waals surface area (Å²) < 4.78 is 10.6. The van der Waals surface area contributed by atoms with Gasteiger partial charge in [-0.1, -0.05) is 0 Å². The van der Waals surface area contributed by atoms with E-state index < -0.39 is 0 Å². The molecule has 0 saturated carbocycles. The van der Waals surface area contributed by atoms with E-state index in [9.17, 15) is 0 Å². The summed E-state index contributed by atoms with van der Waals surface area (Å²) in [7, 11) is 0. The van der Waals surface area contributed by atoms with Crippen LogP contribution < -0.4 is 9.47 Å². The molecule has 14 heavy (non-hydrogen) atoms. The Morgan fingerprint density at radius 1 is 1.29 bits per heavy atom. The first kappa shape index (κ1) is 9.34. The maximum atomic E-state index is 8.76.